The molecule has 0 fully saturated rings. The van der Waals surface area contributed by atoms with Crippen LogP contribution in [0.25, 0.3) is 11.3 Å². The first kappa shape index (κ1) is 18.2. The van der Waals surface area contributed by atoms with E-state index < -0.39 is 0 Å². The van der Waals surface area contributed by atoms with E-state index in [-0.39, 0.29) is 11.8 Å². The summed E-state index contributed by atoms with van der Waals surface area (Å²) in [5.74, 6) is 2.85. The third-order valence-electron chi connectivity index (χ3n) is 5.27. The van der Waals surface area contributed by atoms with Gasteiger partial charge in [-0.05, 0) is 36.4 Å². The van der Waals surface area contributed by atoms with Crippen LogP contribution in [0, 0.1) is 6.92 Å². The number of fused-ring (bicyclic) bond motifs is 2. The minimum Gasteiger partial charge on any atom is -0.457 e. The molecule has 0 spiro atoms. The molecule has 0 aliphatic carbocycles. The zero-order valence-corrected chi connectivity index (χ0v) is 16.5. The summed E-state index contributed by atoms with van der Waals surface area (Å²) in [6.45, 7) is 1.81. The van der Waals surface area contributed by atoms with Gasteiger partial charge in [0.05, 0.1) is 6.20 Å². The lowest BCUT2D eigenvalue weighted by atomic mass is 9.85. The van der Waals surface area contributed by atoms with Crippen LogP contribution in [0.5, 0.6) is 11.5 Å². The van der Waals surface area contributed by atoms with Crippen molar-refractivity contribution in [3.63, 3.8) is 0 Å². The van der Waals surface area contributed by atoms with Gasteiger partial charge in [-0.25, -0.2) is 4.98 Å². The fourth-order valence-corrected chi connectivity index (χ4v) is 3.84. The number of carbonyl (C=O) groups excluding carboxylic acids is 1. The molecule has 0 atom stereocenters. The van der Waals surface area contributed by atoms with Gasteiger partial charge in [-0.3, -0.25) is 4.79 Å². The largest absolute Gasteiger partial charge is 0.457 e. The average Bonchev–Trinajstić information content (AvgIpc) is 3.20. The minimum atomic E-state index is -0.0532. The molecule has 0 saturated carbocycles. The van der Waals surface area contributed by atoms with Crippen LogP contribution in [0.2, 0.25) is 0 Å². The molecular formula is C25H20N2O3. The van der Waals surface area contributed by atoms with Gasteiger partial charge in [-0.2, -0.15) is 0 Å². The van der Waals surface area contributed by atoms with Crippen LogP contribution in [0.1, 0.15) is 29.4 Å². The third kappa shape index (κ3) is 3.46. The Balaban J connectivity index is 1.35. The fraction of sp³-hybridized carbons (Fsp3) is 0.120. The second-order valence-electron chi connectivity index (χ2n) is 7.30. The lowest BCUT2D eigenvalue weighted by molar-refractivity contribution is -0.116. The minimum absolute atomic E-state index is 0.0465. The van der Waals surface area contributed by atoms with Crippen molar-refractivity contribution in [3.05, 3.63) is 96.0 Å². The molecule has 0 radical (unpaired) electrons. The van der Waals surface area contributed by atoms with Gasteiger partial charge >= 0.3 is 0 Å². The Hall–Kier alpha value is -3.86. The Kier molecular flexibility index (Phi) is 4.56. The van der Waals surface area contributed by atoms with E-state index in [9.17, 15) is 4.79 Å². The molecule has 0 unspecified atom stereocenters. The molecule has 5 heteroatoms. The summed E-state index contributed by atoms with van der Waals surface area (Å²) in [5.41, 5.74) is 3.72. The van der Waals surface area contributed by atoms with Crippen molar-refractivity contribution in [2.24, 2.45) is 0 Å². The molecule has 1 aliphatic rings. The van der Waals surface area contributed by atoms with Gasteiger partial charge in [-0.15, -0.1) is 0 Å². The number of hydrogen-bond acceptors (Lipinski definition) is 4. The van der Waals surface area contributed by atoms with E-state index in [2.05, 4.69) is 10.3 Å². The molecule has 1 aromatic heterocycles. The second kappa shape index (κ2) is 7.52. The van der Waals surface area contributed by atoms with Crippen LogP contribution in [0.3, 0.4) is 0 Å². The first-order valence-electron chi connectivity index (χ1n) is 9.86. The summed E-state index contributed by atoms with van der Waals surface area (Å²) in [6, 6.07) is 23.4. The van der Waals surface area contributed by atoms with Crippen molar-refractivity contribution < 1.29 is 13.9 Å². The number of hydrogen-bond donors (Lipinski definition) is 1. The molecule has 5 rings (SSSR count). The molecule has 0 bridgehead atoms. The quantitative estimate of drug-likeness (QED) is 0.465. The molecule has 30 heavy (non-hydrogen) atoms. The van der Waals surface area contributed by atoms with Crippen LogP contribution in [0.4, 0.5) is 5.69 Å². The normalized spacial score (nSPS) is 12.6. The zero-order valence-electron chi connectivity index (χ0n) is 16.5. The molecule has 0 saturated heterocycles. The number of nitrogens with one attached hydrogen (secondary N) is 1. The predicted molar refractivity (Wildman–Crippen MR) is 115 cm³/mol. The van der Waals surface area contributed by atoms with Crippen LogP contribution >= 0.6 is 0 Å². The highest BCUT2D eigenvalue weighted by Crippen LogP contribution is 2.45. The highest BCUT2D eigenvalue weighted by atomic mass is 16.5. The molecule has 1 N–H and O–H groups in total. The number of aryl methyl sites for hydroxylation is 1. The number of nitrogens with zero attached hydrogens (tertiary/aromatic N) is 1. The number of carbonyl (C=O) groups is 1. The number of amides is 1. The van der Waals surface area contributed by atoms with Crippen LogP contribution in [-0.2, 0) is 4.79 Å². The molecule has 148 valence electrons. The Morgan fingerprint density at radius 3 is 2.17 bits per heavy atom. The summed E-state index contributed by atoms with van der Waals surface area (Å²) in [6.07, 6.45) is 2.03. The predicted octanol–water partition coefficient (Wildman–Crippen LogP) is 5.92. The van der Waals surface area contributed by atoms with Crippen molar-refractivity contribution in [1.29, 1.82) is 0 Å². The van der Waals surface area contributed by atoms with Gasteiger partial charge in [0.2, 0.25) is 5.91 Å². The third-order valence-corrected chi connectivity index (χ3v) is 5.27. The van der Waals surface area contributed by atoms with Crippen molar-refractivity contribution in [2.45, 2.75) is 19.3 Å². The van der Waals surface area contributed by atoms with Crippen molar-refractivity contribution in [1.82, 2.24) is 4.98 Å². The van der Waals surface area contributed by atoms with Gasteiger partial charge in [0.1, 0.15) is 11.5 Å². The Morgan fingerprint density at radius 2 is 1.57 bits per heavy atom. The van der Waals surface area contributed by atoms with Crippen LogP contribution < -0.4 is 10.1 Å². The number of rotatable bonds is 4. The van der Waals surface area contributed by atoms with Crippen LogP contribution in [-0.4, -0.2) is 10.9 Å². The van der Waals surface area contributed by atoms with Gasteiger partial charge in [-0.1, -0.05) is 36.4 Å². The Morgan fingerprint density at radius 1 is 0.933 bits per heavy atom. The number of ether oxygens (including phenoxy) is 1. The monoisotopic (exact) mass is 396 g/mol. The van der Waals surface area contributed by atoms with Gasteiger partial charge < -0.3 is 14.5 Å². The first-order chi connectivity index (χ1) is 14.7. The van der Waals surface area contributed by atoms with Crippen molar-refractivity contribution in [2.75, 3.05) is 5.32 Å². The topological polar surface area (TPSA) is 64.4 Å². The van der Waals surface area contributed by atoms with E-state index in [0.29, 0.717) is 18.1 Å². The van der Waals surface area contributed by atoms with E-state index in [1.807, 2.05) is 79.7 Å². The Bertz CT molecular complexity index is 1170. The molecule has 4 aromatic rings. The lowest BCUT2D eigenvalue weighted by Gasteiger charge is -2.27. The second-order valence-corrected chi connectivity index (χ2v) is 7.30. The standard InChI is InChI=1S/C25H20N2O3/c1-16-26-15-24(29-16)17-10-12-18(13-11-17)27-25(28)14-21-19-6-2-4-8-22(19)30-23-9-5-3-7-20(21)23/h2-13,15,21H,14H2,1H3,(H,27,28). The van der Waals surface area contributed by atoms with Gasteiger partial charge in [0.15, 0.2) is 11.7 Å². The summed E-state index contributed by atoms with van der Waals surface area (Å²) in [7, 11) is 0. The van der Waals surface area contributed by atoms with Gasteiger partial charge in [0, 0.05) is 41.6 Å². The molecular weight excluding hydrogens is 376 g/mol. The van der Waals surface area contributed by atoms with Gasteiger partial charge in [0.25, 0.3) is 0 Å². The number of anilines is 1. The molecule has 2 heterocycles. The lowest BCUT2D eigenvalue weighted by Crippen LogP contribution is -2.19. The summed E-state index contributed by atoms with van der Waals surface area (Å²) in [5, 5.41) is 3.01. The SMILES string of the molecule is Cc1ncc(-c2ccc(NC(=O)CC3c4ccccc4Oc4ccccc43)cc2)o1. The average molecular weight is 396 g/mol. The van der Waals surface area contributed by atoms with Crippen molar-refractivity contribution >= 4 is 11.6 Å². The number of benzene rings is 3. The van der Waals surface area contributed by atoms with E-state index in [1.54, 1.807) is 6.20 Å². The number of oxazole rings is 1. The molecule has 1 aliphatic heterocycles. The van der Waals surface area contributed by atoms with E-state index in [1.165, 1.54) is 0 Å². The maximum atomic E-state index is 12.9. The molecule has 1 amide bonds. The number of aromatic nitrogens is 1. The highest BCUT2D eigenvalue weighted by Gasteiger charge is 2.28. The summed E-state index contributed by atoms with van der Waals surface area (Å²) < 4.78 is 11.6. The highest BCUT2D eigenvalue weighted by molar-refractivity contribution is 5.92. The van der Waals surface area contributed by atoms with E-state index in [4.69, 9.17) is 9.15 Å². The Labute approximate surface area is 174 Å². The summed E-state index contributed by atoms with van der Waals surface area (Å²) in [4.78, 5) is 17.0. The number of para-hydroxylation sites is 2. The molecule has 3 aromatic carbocycles. The first-order valence-corrected chi connectivity index (χ1v) is 9.86. The van der Waals surface area contributed by atoms with Crippen LogP contribution in [0.15, 0.2) is 83.4 Å². The molecule has 5 nitrogen and oxygen atoms in total. The smallest absolute Gasteiger partial charge is 0.225 e. The van der Waals surface area contributed by atoms with E-state index >= 15 is 0 Å². The maximum absolute atomic E-state index is 12.9. The summed E-state index contributed by atoms with van der Waals surface area (Å²) >= 11 is 0. The van der Waals surface area contributed by atoms with E-state index in [0.717, 1.165) is 33.9 Å². The fourth-order valence-electron chi connectivity index (χ4n) is 3.84. The maximum Gasteiger partial charge on any atom is 0.225 e. The zero-order chi connectivity index (χ0) is 20.5. The van der Waals surface area contributed by atoms with Crippen molar-refractivity contribution in [3.8, 4) is 22.8 Å².